The molecule has 0 bridgehead atoms. The first-order valence-electron chi connectivity index (χ1n) is 8.97. The van der Waals surface area contributed by atoms with E-state index in [4.69, 9.17) is 10.5 Å². The van der Waals surface area contributed by atoms with Crippen molar-refractivity contribution in [3.63, 3.8) is 0 Å². The molecule has 4 nitrogen and oxygen atoms in total. The molecule has 6 heteroatoms. The summed E-state index contributed by atoms with van der Waals surface area (Å²) in [5.74, 6) is -0.0811. The van der Waals surface area contributed by atoms with Gasteiger partial charge in [-0.25, -0.2) is 4.39 Å². The van der Waals surface area contributed by atoms with Crippen LogP contribution in [-0.4, -0.2) is 37.0 Å². The highest BCUT2D eigenvalue weighted by Crippen LogP contribution is 2.39. The van der Waals surface area contributed by atoms with Gasteiger partial charge < -0.3 is 15.4 Å². The van der Waals surface area contributed by atoms with Crippen LogP contribution in [0.25, 0.3) is 0 Å². The number of morpholine rings is 1. The third-order valence-electron chi connectivity index (χ3n) is 5.53. The highest BCUT2D eigenvalue weighted by atomic mass is 35.5. The van der Waals surface area contributed by atoms with E-state index in [1.54, 1.807) is 12.1 Å². The standard InChI is InChI=1S/C19H27FN2O2.ClH/c20-16-6-4-15(5-7-16)17-13-22(10-11-24-17)18(23)12-19(14-21)8-2-1-3-9-19;/h4-7,17H,1-3,8-14,21H2;1H. The lowest BCUT2D eigenvalue weighted by Gasteiger charge is -2.39. The molecule has 1 saturated carbocycles. The van der Waals surface area contributed by atoms with E-state index >= 15 is 0 Å². The van der Waals surface area contributed by atoms with Crippen LogP contribution < -0.4 is 5.73 Å². The van der Waals surface area contributed by atoms with E-state index in [2.05, 4.69) is 0 Å². The van der Waals surface area contributed by atoms with Gasteiger partial charge in [-0.3, -0.25) is 4.79 Å². The van der Waals surface area contributed by atoms with Crippen LogP contribution in [-0.2, 0) is 9.53 Å². The van der Waals surface area contributed by atoms with E-state index in [0.29, 0.717) is 32.7 Å². The number of hydrogen-bond donors (Lipinski definition) is 1. The fourth-order valence-corrected chi connectivity index (χ4v) is 3.94. The zero-order chi connectivity index (χ0) is 17.0. The summed E-state index contributed by atoms with van der Waals surface area (Å²) in [5, 5.41) is 0. The Morgan fingerprint density at radius 2 is 1.92 bits per heavy atom. The lowest BCUT2D eigenvalue weighted by Crippen LogP contribution is -2.45. The Balaban J connectivity index is 0.00000225. The van der Waals surface area contributed by atoms with Crippen LogP contribution in [0.3, 0.4) is 0 Å². The van der Waals surface area contributed by atoms with Crippen LogP contribution in [0, 0.1) is 11.2 Å². The van der Waals surface area contributed by atoms with Gasteiger partial charge in [0.1, 0.15) is 11.9 Å². The maximum atomic E-state index is 13.1. The molecule has 1 aromatic carbocycles. The van der Waals surface area contributed by atoms with Crippen molar-refractivity contribution in [2.75, 3.05) is 26.2 Å². The Morgan fingerprint density at radius 1 is 1.24 bits per heavy atom. The smallest absolute Gasteiger partial charge is 0.223 e. The number of halogens is 2. The number of carbonyl (C=O) groups excluding carboxylic acids is 1. The molecule has 1 atom stereocenters. The van der Waals surface area contributed by atoms with Crippen LogP contribution in [0.5, 0.6) is 0 Å². The number of nitrogens with two attached hydrogens (primary N) is 1. The van der Waals surface area contributed by atoms with E-state index in [9.17, 15) is 9.18 Å². The molecule has 2 fully saturated rings. The Labute approximate surface area is 155 Å². The fourth-order valence-electron chi connectivity index (χ4n) is 3.94. The van der Waals surface area contributed by atoms with Crippen LogP contribution in [0.15, 0.2) is 24.3 Å². The maximum absolute atomic E-state index is 13.1. The predicted molar refractivity (Wildman–Crippen MR) is 98.1 cm³/mol. The number of ether oxygens (including phenoxy) is 1. The molecule has 3 rings (SSSR count). The molecule has 1 amide bonds. The van der Waals surface area contributed by atoms with Crippen LogP contribution >= 0.6 is 12.4 Å². The van der Waals surface area contributed by atoms with E-state index in [0.717, 1.165) is 18.4 Å². The monoisotopic (exact) mass is 370 g/mol. The van der Waals surface area contributed by atoms with Crippen LogP contribution in [0.4, 0.5) is 4.39 Å². The molecule has 2 N–H and O–H groups in total. The highest BCUT2D eigenvalue weighted by Gasteiger charge is 2.35. The van der Waals surface area contributed by atoms with Gasteiger partial charge in [0, 0.05) is 13.0 Å². The van der Waals surface area contributed by atoms with E-state index in [1.807, 2.05) is 4.90 Å². The molecule has 140 valence electrons. The molecule has 0 spiro atoms. The summed E-state index contributed by atoms with van der Waals surface area (Å²) in [4.78, 5) is 14.7. The van der Waals surface area contributed by atoms with Gasteiger partial charge in [0.25, 0.3) is 0 Å². The zero-order valence-corrected chi connectivity index (χ0v) is 15.4. The first-order valence-corrected chi connectivity index (χ1v) is 8.97. The summed E-state index contributed by atoms with van der Waals surface area (Å²) in [5.41, 5.74) is 6.92. The van der Waals surface area contributed by atoms with Crippen LogP contribution in [0.2, 0.25) is 0 Å². The van der Waals surface area contributed by atoms with Crippen molar-refractivity contribution in [2.24, 2.45) is 11.1 Å². The molecule has 1 unspecified atom stereocenters. The quantitative estimate of drug-likeness (QED) is 0.883. The van der Waals surface area contributed by atoms with E-state index < -0.39 is 0 Å². The molecule has 0 radical (unpaired) electrons. The second-order valence-corrected chi connectivity index (χ2v) is 7.19. The average Bonchev–Trinajstić information content (AvgIpc) is 2.63. The molecule has 1 saturated heterocycles. The minimum absolute atomic E-state index is 0. The normalized spacial score (nSPS) is 23.0. The Kier molecular flexibility index (Phi) is 7.23. The van der Waals surface area contributed by atoms with Crippen LogP contribution in [0.1, 0.15) is 50.2 Å². The average molecular weight is 371 g/mol. The van der Waals surface area contributed by atoms with Gasteiger partial charge in [-0.05, 0) is 42.5 Å². The third-order valence-corrected chi connectivity index (χ3v) is 5.53. The second kappa shape index (κ2) is 8.97. The van der Waals surface area contributed by atoms with Crippen molar-refractivity contribution in [3.05, 3.63) is 35.6 Å². The molecule has 1 aromatic rings. The summed E-state index contributed by atoms with van der Waals surface area (Å²) in [6.07, 6.45) is 6.07. The van der Waals surface area contributed by atoms with Crippen molar-refractivity contribution in [1.29, 1.82) is 0 Å². The molecular formula is C19H28ClFN2O2. The lowest BCUT2D eigenvalue weighted by atomic mass is 9.71. The summed E-state index contributed by atoms with van der Waals surface area (Å²) in [6, 6.07) is 6.34. The number of amides is 1. The second-order valence-electron chi connectivity index (χ2n) is 7.19. The van der Waals surface area contributed by atoms with Crippen molar-refractivity contribution in [3.8, 4) is 0 Å². The summed E-state index contributed by atoms with van der Waals surface area (Å²) in [6.45, 7) is 2.26. The third kappa shape index (κ3) is 4.93. The van der Waals surface area contributed by atoms with E-state index in [-0.39, 0.29) is 35.7 Å². The molecular weight excluding hydrogens is 343 g/mol. The Bertz CT molecular complexity index is 561. The van der Waals surface area contributed by atoms with Gasteiger partial charge in [0.15, 0.2) is 0 Å². The highest BCUT2D eigenvalue weighted by molar-refractivity contribution is 5.85. The topological polar surface area (TPSA) is 55.6 Å². The van der Waals surface area contributed by atoms with Gasteiger partial charge in [0.05, 0.1) is 13.2 Å². The van der Waals surface area contributed by atoms with Gasteiger partial charge in [0.2, 0.25) is 5.91 Å². The SMILES string of the molecule is Cl.NCC1(CC(=O)N2CCOC(c3ccc(F)cc3)C2)CCCCC1. The summed E-state index contributed by atoms with van der Waals surface area (Å²) in [7, 11) is 0. The molecule has 2 aliphatic rings. The molecule has 0 aromatic heterocycles. The summed E-state index contributed by atoms with van der Waals surface area (Å²) < 4.78 is 18.9. The minimum atomic E-state index is -0.260. The lowest BCUT2D eigenvalue weighted by molar-refractivity contribution is -0.142. The zero-order valence-electron chi connectivity index (χ0n) is 14.6. The van der Waals surface area contributed by atoms with Crippen molar-refractivity contribution >= 4 is 18.3 Å². The molecule has 25 heavy (non-hydrogen) atoms. The van der Waals surface area contributed by atoms with Gasteiger partial charge >= 0.3 is 0 Å². The first kappa shape index (κ1) is 20.1. The Morgan fingerprint density at radius 3 is 2.56 bits per heavy atom. The van der Waals surface area contributed by atoms with Gasteiger partial charge in [-0.2, -0.15) is 0 Å². The molecule has 1 heterocycles. The molecule has 1 aliphatic heterocycles. The largest absolute Gasteiger partial charge is 0.370 e. The number of hydrogen-bond acceptors (Lipinski definition) is 3. The fraction of sp³-hybridized carbons (Fsp3) is 0.632. The van der Waals surface area contributed by atoms with Gasteiger partial charge in [-0.15, -0.1) is 12.4 Å². The number of nitrogens with zero attached hydrogens (tertiary/aromatic N) is 1. The predicted octanol–water partition coefficient (Wildman–Crippen LogP) is 3.45. The number of carbonyl (C=O) groups is 1. The van der Waals surface area contributed by atoms with Crippen molar-refractivity contribution < 1.29 is 13.9 Å². The summed E-state index contributed by atoms with van der Waals surface area (Å²) >= 11 is 0. The minimum Gasteiger partial charge on any atom is -0.370 e. The number of benzene rings is 1. The number of rotatable bonds is 4. The van der Waals surface area contributed by atoms with Gasteiger partial charge in [-0.1, -0.05) is 31.4 Å². The Hall–Kier alpha value is -1.17. The molecule has 1 aliphatic carbocycles. The van der Waals surface area contributed by atoms with Crippen molar-refractivity contribution in [1.82, 2.24) is 4.90 Å². The van der Waals surface area contributed by atoms with E-state index in [1.165, 1.54) is 31.4 Å². The first-order chi connectivity index (χ1) is 11.6. The maximum Gasteiger partial charge on any atom is 0.223 e. The van der Waals surface area contributed by atoms with Crippen molar-refractivity contribution in [2.45, 2.75) is 44.6 Å².